The van der Waals surface area contributed by atoms with Crippen LogP contribution in [0, 0.1) is 0 Å². The summed E-state index contributed by atoms with van der Waals surface area (Å²) >= 11 is 0. The molecule has 1 aromatic heterocycles. The zero-order valence-corrected chi connectivity index (χ0v) is 16.7. The van der Waals surface area contributed by atoms with Crippen LogP contribution in [-0.4, -0.2) is 69.3 Å². The van der Waals surface area contributed by atoms with Crippen molar-refractivity contribution in [3.63, 3.8) is 0 Å². The van der Waals surface area contributed by atoms with E-state index in [9.17, 15) is 20.4 Å². The van der Waals surface area contributed by atoms with Gasteiger partial charge in [0.2, 0.25) is 0 Å². The summed E-state index contributed by atoms with van der Waals surface area (Å²) in [6, 6.07) is 11.8. The van der Waals surface area contributed by atoms with Gasteiger partial charge in [0.15, 0.2) is 6.29 Å². The summed E-state index contributed by atoms with van der Waals surface area (Å²) in [6.07, 6.45) is -0.205. The van der Waals surface area contributed by atoms with Gasteiger partial charge in [-0.3, -0.25) is 4.98 Å². The molecule has 30 heavy (non-hydrogen) atoms. The fourth-order valence-corrected chi connectivity index (χ4v) is 3.24. The highest BCUT2D eigenvalue weighted by molar-refractivity contribution is 5.27. The Bertz CT molecular complexity index is 741. The van der Waals surface area contributed by atoms with Gasteiger partial charge in [0.05, 0.1) is 6.61 Å². The summed E-state index contributed by atoms with van der Waals surface area (Å²) < 4.78 is 16.6. The van der Waals surface area contributed by atoms with E-state index in [1.165, 1.54) is 5.56 Å². The monoisotopic (exact) mass is 419 g/mol. The van der Waals surface area contributed by atoms with E-state index in [-0.39, 0.29) is 0 Å². The average Bonchev–Trinajstić information content (AvgIpc) is 2.79. The van der Waals surface area contributed by atoms with Crippen LogP contribution in [0.25, 0.3) is 0 Å². The minimum atomic E-state index is -1.42. The van der Waals surface area contributed by atoms with Gasteiger partial charge in [-0.2, -0.15) is 0 Å². The first-order chi connectivity index (χ1) is 14.6. The molecule has 3 rings (SSSR count). The van der Waals surface area contributed by atoms with Gasteiger partial charge < -0.3 is 34.6 Å². The molecule has 8 nitrogen and oxygen atoms in total. The Hall–Kier alpha value is -2.07. The van der Waals surface area contributed by atoms with Crippen molar-refractivity contribution in [1.29, 1.82) is 0 Å². The number of aliphatic hydroxyl groups is 4. The molecule has 1 saturated heterocycles. The Morgan fingerprint density at radius 2 is 1.73 bits per heavy atom. The van der Waals surface area contributed by atoms with Crippen molar-refractivity contribution in [1.82, 2.24) is 4.98 Å². The van der Waals surface area contributed by atoms with Gasteiger partial charge in [-0.05, 0) is 43.0 Å². The first-order valence-electron chi connectivity index (χ1n) is 10.1. The lowest BCUT2D eigenvalue weighted by atomic mass is 9.99. The van der Waals surface area contributed by atoms with Crippen molar-refractivity contribution in [2.24, 2.45) is 0 Å². The van der Waals surface area contributed by atoms with Crippen LogP contribution in [0.15, 0.2) is 48.8 Å². The summed E-state index contributed by atoms with van der Waals surface area (Å²) in [7, 11) is 0. The number of benzene rings is 1. The van der Waals surface area contributed by atoms with Crippen LogP contribution in [-0.2, 0) is 22.5 Å². The molecule has 1 aromatic carbocycles. The summed E-state index contributed by atoms with van der Waals surface area (Å²) in [5.41, 5.74) is 2.19. The van der Waals surface area contributed by atoms with Gasteiger partial charge >= 0.3 is 0 Å². The van der Waals surface area contributed by atoms with Crippen molar-refractivity contribution in [3.8, 4) is 5.75 Å². The third-order valence-corrected chi connectivity index (χ3v) is 5.04. The number of hydrogen-bond donors (Lipinski definition) is 4. The van der Waals surface area contributed by atoms with Crippen molar-refractivity contribution in [2.75, 3.05) is 13.2 Å². The highest BCUT2D eigenvalue weighted by Gasteiger charge is 2.43. The van der Waals surface area contributed by atoms with Crippen LogP contribution >= 0.6 is 0 Å². The van der Waals surface area contributed by atoms with Crippen molar-refractivity contribution in [3.05, 3.63) is 59.9 Å². The average molecular weight is 419 g/mol. The van der Waals surface area contributed by atoms with Crippen molar-refractivity contribution < 1.29 is 34.6 Å². The molecule has 0 radical (unpaired) electrons. The van der Waals surface area contributed by atoms with Crippen LogP contribution in [0.2, 0.25) is 0 Å². The molecule has 0 aliphatic carbocycles. The lowest BCUT2D eigenvalue weighted by Crippen LogP contribution is -2.59. The third-order valence-electron chi connectivity index (χ3n) is 5.04. The SMILES string of the molecule is OCC1OC(OCCCCc2ccc(OCc3cccnc3)cc2)C(O)C(O)C1O. The molecule has 2 heterocycles. The van der Waals surface area contributed by atoms with Crippen LogP contribution in [0.4, 0.5) is 0 Å². The molecule has 2 aromatic rings. The number of ether oxygens (including phenoxy) is 3. The Morgan fingerprint density at radius 3 is 2.43 bits per heavy atom. The van der Waals surface area contributed by atoms with E-state index in [1.54, 1.807) is 12.4 Å². The minimum Gasteiger partial charge on any atom is -0.489 e. The van der Waals surface area contributed by atoms with Gasteiger partial charge in [0.1, 0.15) is 36.8 Å². The van der Waals surface area contributed by atoms with E-state index in [0.29, 0.717) is 13.2 Å². The summed E-state index contributed by atoms with van der Waals surface area (Å²) in [6.45, 7) is 0.338. The molecule has 1 fully saturated rings. The second-order valence-electron chi connectivity index (χ2n) is 7.32. The fourth-order valence-electron chi connectivity index (χ4n) is 3.24. The number of aliphatic hydroxyl groups excluding tert-OH is 4. The molecule has 1 aliphatic rings. The van der Waals surface area contributed by atoms with Crippen LogP contribution in [0.5, 0.6) is 5.75 Å². The largest absolute Gasteiger partial charge is 0.489 e. The Morgan fingerprint density at radius 1 is 0.933 bits per heavy atom. The van der Waals surface area contributed by atoms with Crippen LogP contribution in [0.1, 0.15) is 24.0 Å². The predicted molar refractivity (Wildman–Crippen MR) is 108 cm³/mol. The van der Waals surface area contributed by atoms with E-state index in [1.807, 2.05) is 36.4 Å². The predicted octanol–water partition coefficient (Wildman–Crippen LogP) is 0.800. The molecule has 1 aliphatic heterocycles. The second-order valence-corrected chi connectivity index (χ2v) is 7.32. The Labute approximate surface area is 175 Å². The zero-order valence-electron chi connectivity index (χ0n) is 16.7. The molecule has 0 spiro atoms. The van der Waals surface area contributed by atoms with Crippen LogP contribution in [0.3, 0.4) is 0 Å². The van der Waals surface area contributed by atoms with E-state index in [0.717, 1.165) is 30.6 Å². The number of aryl methyl sites for hydroxylation is 1. The lowest BCUT2D eigenvalue weighted by Gasteiger charge is -2.39. The number of unbranched alkanes of at least 4 members (excludes halogenated alkanes) is 1. The topological polar surface area (TPSA) is 122 Å². The smallest absolute Gasteiger partial charge is 0.186 e. The first-order valence-corrected chi connectivity index (χ1v) is 10.1. The number of rotatable bonds is 10. The van der Waals surface area contributed by atoms with Crippen molar-refractivity contribution in [2.45, 2.75) is 56.6 Å². The Balaban J connectivity index is 1.34. The number of hydrogen-bond acceptors (Lipinski definition) is 8. The van der Waals surface area contributed by atoms with Gasteiger partial charge in [-0.25, -0.2) is 0 Å². The van der Waals surface area contributed by atoms with E-state index in [2.05, 4.69) is 4.98 Å². The Kier molecular flexibility index (Phi) is 8.56. The fraction of sp³-hybridized carbons (Fsp3) is 0.500. The summed E-state index contributed by atoms with van der Waals surface area (Å²) in [4.78, 5) is 4.06. The lowest BCUT2D eigenvalue weighted by molar-refractivity contribution is -0.301. The molecule has 5 unspecified atom stereocenters. The quantitative estimate of drug-likeness (QED) is 0.417. The van der Waals surface area contributed by atoms with Crippen molar-refractivity contribution >= 4 is 0 Å². The molecule has 0 saturated carbocycles. The summed E-state index contributed by atoms with van der Waals surface area (Å²) in [5.74, 6) is 0.800. The minimum absolute atomic E-state index is 0.328. The summed E-state index contributed by atoms with van der Waals surface area (Å²) in [5, 5.41) is 38.6. The second kappa shape index (κ2) is 11.4. The number of pyridine rings is 1. The number of nitrogens with zero attached hydrogens (tertiary/aromatic N) is 1. The van der Waals surface area contributed by atoms with E-state index in [4.69, 9.17) is 14.2 Å². The maximum Gasteiger partial charge on any atom is 0.186 e. The third kappa shape index (κ3) is 6.21. The molecular weight excluding hydrogens is 390 g/mol. The molecule has 164 valence electrons. The van der Waals surface area contributed by atoms with Gasteiger partial charge in [-0.1, -0.05) is 18.2 Å². The standard InChI is InChI=1S/C22H29NO7/c24-13-18-19(25)20(26)21(27)22(30-18)28-11-2-1-4-15-6-8-17(9-7-15)29-14-16-5-3-10-23-12-16/h3,5-10,12,18-22,24-27H,1-2,4,11,13-14H2. The van der Waals surface area contributed by atoms with Crippen LogP contribution < -0.4 is 4.74 Å². The molecule has 5 atom stereocenters. The maximum atomic E-state index is 9.94. The van der Waals surface area contributed by atoms with E-state index >= 15 is 0 Å². The molecule has 4 N–H and O–H groups in total. The molecule has 0 amide bonds. The van der Waals surface area contributed by atoms with Gasteiger partial charge in [-0.15, -0.1) is 0 Å². The van der Waals surface area contributed by atoms with E-state index < -0.39 is 37.3 Å². The first kappa shape index (κ1) is 22.6. The maximum absolute atomic E-state index is 9.94. The molecular formula is C22H29NO7. The number of aromatic nitrogens is 1. The highest BCUT2D eigenvalue weighted by atomic mass is 16.7. The van der Waals surface area contributed by atoms with Gasteiger partial charge in [0, 0.05) is 24.6 Å². The normalized spacial score (nSPS) is 26.5. The molecule has 0 bridgehead atoms. The molecule has 8 heteroatoms. The van der Waals surface area contributed by atoms with Gasteiger partial charge in [0.25, 0.3) is 0 Å². The highest BCUT2D eigenvalue weighted by Crippen LogP contribution is 2.22. The zero-order chi connectivity index (χ0) is 21.3.